The Labute approximate surface area is 185 Å². The Balaban J connectivity index is 1.90. The number of carbonyl (C=O) groups is 3. The summed E-state index contributed by atoms with van der Waals surface area (Å²) in [5.74, 6) is -1.69. The number of amides is 3. The topological polar surface area (TPSA) is 87.7 Å². The fraction of sp³-hybridized carbons (Fsp3) is 0.591. The lowest BCUT2D eigenvalue weighted by atomic mass is 9.88. The summed E-state index contributed by atoms with van der Waals surface area (Å²) in [6, 6.07) is 3.94. The molecular weight excluding hydrogens is 427 g/mol. The molecule has 1 fully saturated rings. The summed E-state index contributed by atoms with van der Waals surface area (Å²) < 4.78 is 40.4. The van der Waals surface area contributed by atoms with E-state index in [9.17, 15) is 27.6 Å². The van der Waals surface area contributed by atoms with Crippen LogP contribution >= 0.6 is 0 Å². The van der Waals surface area contributed by atoms with Crippen molar-refractivity contribution in [2.24, 2.45) is 11.8 Å². The number of rotatable bonds is 8. The zero-order valence-corrected chi connectivity index (χ0v) is 18.5. The number of hydrogen-bond acceptors (Lipinski definition) is 4. The van der Waals surface area contributed by atoms with E-state index in [2.05, 4.69) is 15.4 Å². The molecular formula is C22H30F3N3O4. The molecule has 2 rings (SSSR count). The molecule has 3 amide bonds. The molecule has 0 bridgehead atoms. The number of nitrogens with zero attached hydrogens (tertiary/aromatic N) is 1. The predicted octanol–water partition coefficient (Wildman–Crippen LogP) is 3.70. The van der Waals surface area contributed by atoms with Gasteiger partial charge in [-0.3, -0.25) is 14.4 Å². The van der Waals surface area contributed by atoms with E-state index >= 15 is 0 Å². The van der Waals surface area contributed by atoms with E-state index in [4.69, 9.17) is 0 Å². The number of carbonyl (C=O) groups excluding carboxylic acids is 3. The molecule has 7 nitrogen and oxygen atoms in total. The molecule has 0 radical (unpaired) electrons. The van der Waals surface area contributed by atoms with E-state index in [0.29, 0.717) is 0 Å². The summed E-state index contributed by atoms with van der Waals surface area (Å²) in [4.78, 5) is 39.0. The third kappa shape index (κ3) is 8.05. The summed E-state index contributed by atoms with van der Waals surface area (Å²) in [6.45, 7) is 3.37. The van der Waals surface area contributed by atoms with Crippen molar-refractivity contribution in [1.82, 2.24) is 10.2 Å². The second-order valence-corrected chi connectivity index (χ2v) is 8.38. The van der Waals surface area contributed by atoms with Crippen LogP contribution in [0.15, 0.2) is 24.3 Å². The lowest BCUT2D eigenvalue weighted by molar-refractivity contribution is -0.274. The number of likely N-dealkylation sites (N-methyl/N-ethyl adjacent to an activating group) is 1. The summed E-state index contributed by atoms with van der Waals surface area (Å²) in [7, 11) is 1.46. The van der Waals surface area contributed by atoms with Crippen LogP contribution in [-0.2, 0) is 14.4 Å². The molecule has 1 saturated carbocycles. The zero-order chi connectivity index (χ0) is 23.9. The highest BCUT2D eigenvalue weighted by molar-refractivity contribution is 5.96. The Morgan fingerprint density at radius 3 is 2.22 bits per heavy atom. The summed E-state index contributed by atoms with van der Waals surface area (Å²) in [5.41, 5.74) is 0.261. The van der Waals surface area contributed by atoms with Gasteiger partial charge in [0, 0.05) is 18.7 Å². The van der Waals surface area contributed by atoms with Crippen LogP contribution in [-0.4, -0.2) is 48.6 Å². The first-order chi connectivity index (χ1) is 15.0. The highest BCUT2D eigenvalue weighted by Gasteiger charge is 2.32. The van der Waals surface area contributed by atoms with Crippen molar-refractivity contribution in [3.8, 4) is 5.75 Å². The minimum atomic E-state index is -4.80. The van der Waals surface area contributed by atoms with Gasteiger partial charge in [-0.1, -0.05) is 33.1 Å². The monoisotopic (exact) mass is 457 g/mol. The number of alkyl halides is 3. The van der Waals surface area contributed by atoms with E-state index in [-0.39, 0.29) is 35.9 Å². The zero-order valence-electron chi connectivity index (χ0n) is 18.5. The number of halogens is 3. The molecule has 1 aliphatic rings. The van der Waals surface area contributed by atoms with Gasteiger partial charge < -0.3 is 20.3 Å². The SMILES string of the molecule is CC(C)C(NC(=O)C1CCCCC1)C(=O)N(C)CC(=O)Nc1ccc(OC(F)(F)F)cc1. The highest BCUT2D eigenvalue weighted by atomic mass is 19.4. The molecule has 1 aromatic rings. The van der Waals surface area contributed by atoms with Gasteiger partial charge in [0.15, 0.2) is 0 Å². The number of anilines is 1. The Kier molecular flexibility index (Phi) is 8.91. The molecule has 0 spiro atoms. The van der Waals surface area contributed by atoms with E-state index in [1.54, 1.807) is 0 Å². The van der Waals surface area contributed by atoms with Gasteiger partial charge in [0.2, 0.25) is 17.7 Å². The van der Waals surface area contributed by atoms with Gasteiger partial charge in [0.05, 0.1) is 6.54 Å². The molecule has 2 N–H and O–H groups in total. The maximum atomic E-state index is 12.9. The molecule has 178 valence electrons. The predicted molar refractivity (Wildman–Crippen MR) is 113 cm³/mol. The Bertz CT molecular complexity index is 791. The Morgan fingerprint density at radius 1 is 1.09 bits per heavy atom. The van der Waals surface area contributed by atoms with Gasteiger partial charge in [-0.05, 0) is 43.0 Å². The number of nitrogens with one attached hydrogen (secondary N) is 2. The molecule has 0 heterocycles. The molecule has 1 unspecified atom stereocenters. The molecule has 1 aliphatic carbocycles. The van der Waals surface area contributed by atoms with Gasteiger partial charge in [0.25, 0.3) is 0 Å². The minimum absolute atomic E-state index is 0.0873. The van der Waals surface area contributed by atoms with Crippen molar-refractivity contribution in [3.05, 3.63) is 24.3 Å². The highest BCUT2D eigenvalue weighted by Crippen LogP contribution is 2.25. The average Bonchev–Trinajstić information content (AvgIpc) is 2.72. The number of ether oxygens (including phenoxy) is 1. The van der Waals surface area contributed by atoms with Crippen molar-refractivity contribution < 1.29 is 32.3 Å². The second kappa shape index (κ2) is 11.2. The van der Waals surface area contributed by atoms with Crippen LogP contribution in [0, 0.1) is 11.8 Å². The maximum Gasteiger partial charge on any atom is 0.573 e. The third-order valence-electron chi connectivity index (χ3n) is 5.34. The van der Waals surface area contributed by atoms with Crippen molar-refractivity contribution in [2.45, 2.75) is 58.4 Å². The van der Waals surface area contributed by atoms with E-state index in [1.165, 1.54) is 24.1 Å². The van der Waals surface area contributed by atoms with Crippen LogP contribution in [0.5, 0.6) is 5.75 Å². The lowest BCUT2D eigenvalue weighted by Gasteiger charge is -2.29. The fourth-order valence-corrected chi connectivity index (χ4v) is 3.62. The van der Waals surface area contributed by atoms with E-state index in [0.717, 1.165) is 44.2 Å². The summed E-state index contributed by atoms with van der Waals surface area (Å²) in [5, 5.41) is 5.37. The standard InChI is InChI=1S/C22H30F3N3O4/c1-14(2)19(27-20(30)15-7-5-4-6-8-15)21(31)28(3)13-18(29)26-16-9-11-17(12-10-16)32-22(23,24)25/h9-12,14-15,19H,4-8,13H2,1-3H3,(H,26,29)(H,27,30). The van der Waals surface area contributed by atoms with Gasteiger partial charge in [-0.25, -0.2) is 0 Å². The molecule has 10 heteroatoms. The second-order valence-electron chi connectivity index (χ2n) is 8.38. The van der Waals surface area contributed by atoms with Crippen LogP contribution in [0.25, 0.3) is 0 Å². The molecule has 32 heavy (non-hydrogen) atoms. The maximum absolute atomic E-state index is 12.9. The molecule has 1 aromatic carbocycles. The van der Waals surface area contributed by atoms with Crippen molar-refractivity contribution in [1.29, 1.82) is 0 Å². The smallest absolute Gasteiger partial charge is 0.406 e. The quantitative estimate of drug-likeness (QED) is 0.623. The fourth-order valence-electron chi connectivity index (χ4n) is 3.62. The van der Waals surface area contributed by atoms with Gasteiger partial charge >= 0.3 is 6.36 Å². The van der Waals surface area contributed by atoms with Crippen molar-refractivity contribution >= 4 is 23.4 Å². The minimum Gasteiger partial charge on any atom is -0.406 e. The van der Waals surface area contributed by atoms with Crippen LogP contribution in [0.3, 0.4) is 0 Å². The average molecular weight is 457 g/mol. The van der Waals surface area contributed by atoms with Crippen LogP contribution in [0.4, 0.5) is 18.9 Å². The van der Waals surface area contributed by atoms with Gasteiger partial charge in [-0.15, -0.1) is 13.2 Å². The van der Waals surface area contributed by atoms with Gasteiger partial charge in [-0.2, -0.15) is 0 Å². The van der Waals surface area contributed by atoms with E-state index < -0.39 is 24.1 Å². The number of benzene rings is 1. The molecule has 0 aliphatic heterocycles. The lowest BCUT2D eigenvalue weighted by Crippen LogP contribution is -2.52. The Morgan fingerprint density at radius 2 is 1.69 bits per heavy atom. The first kappa shape index (κ1) is 25.5. The molecule has 0 saturated heterocycles. The van der Waals surface area contributed by atoms with Crippen molar-refractivity contribution in [2.75, 3.05) is 18.9 Å². The first-order valence-electron chi connectivity index (χ1n) is 10.7. The summed E-state index contributed by atoms with van der Waals surface area (Å²) >= 11 is 0. The third-order valence-corrected chi connectivity index (χ3v) is 5.34. The normalized spacial score (nSPS) is 15.7. The van der Waals surface area contributed by atoms with Crippen LogP contribution < -0.4 is 15.4 Å². The van der Waals surface area contributed by atoms with Crippen LogP contribution in [0.1, 0.15) is 46.0 Å². The van der Waals surface area contributed by atoms with E-state index in [1.807, 2.05) is 13.8 Å². The summed E-state index contributed by atoms with van der Waals surface area (Å²) in [6.07, 6.45) is -0.0469. The molecule has 1 atom stereocenters. The Hall–Kier alpha value is -2.78. The first-order valence-corrected chi connectivity index (χ1v) is 10.7. The van der Waals surface area contributed by atoms with Crippen LogP contribution in [0.2, 0.25) is 0 Å². The largest absolute Gasteiger partial charge is 0.573 e. The van der Waals surface area contributed by atoms with Crippen molar-refractivity contribution in [3.63, 3.8) is 0 Å². The molecule has 0 aromatic heterocycles. The number of hydrogen-bond donors (Lipinski definition) is 2. The van der Waals surface area contributed by atoms with Gasteiger partial charge in [0.1, 0.15) is 11.8 Å².